The predicted molar refractivity (Wildman–Crippen MR) is 67.3 cm³/mol. The van der Waals surface area contributed by atoms with Crippen LogP contribution in [0.3, 0.4) is 0 Å². The average molecular weight is 279 g/mol. The molecule has 0 saturated heterocycles. The molecule has 0 aliphatic carbocycles. The van der Waals surface area contributed by atoms with Crippen molar-refractivity contribution in [3.63, 3.8) is 0 Å². The minimum absolute atomic E-state index is 0.00746. The summed E-state index contributed by atoms with van der Waals surface area (Å²) in [6.45, 7) is 0. The molecule has 1 heterocycles. The number of amides is 1. The van der Waals surface area contributed by atoms with Crippen molar-refractivity contribution in [2.45, 2.75) is 0 Å². The third-order valence-corrected chi connectivity index (χ3v) is 2.69. The number of aromatic nitrogens is 2. The molecular weight excluding hydrogens is 271 g/mol. The Balaban J connectivity index is 2.34. The largest absolute Gasteiger partial charge is 0.304 e. The molecule has 2 aromatic rings. The van der Waals surface area contributed by atoms with Gasteiger partial charge in [-0.3, -0.25) is 9.48 Å². The summed E-state index contributed by atoms with van der Waals surface area (Å²) in [5.74, 6) is -1.42. The van der Waals surface area contributed by atoms with E-state index < -0.39 is 11.7 Å². The van der Waals surface area contributed by atoms with E-state index in [1.807, 2.05) is 6.07 Å². The van der Waals surface area contributed by atoms with E-state index >= 15 is 0 Å². The van der Waals surface area contributed by atoms with Crippen molar-refractivity contribution in [2.24, 2.45) is 7.05 Å². The molecule has 7 heteroatoms. The highest BCUT2D eigenvalue weighted by molar-refractivity contribution is 6.34. The number of hydrogen-bond donors (Lipinski definition) is 1. The van der Waals surface area contributed by atoms with E-state index in [9.17, 15) is 9.18 Å². The van der Waals surface area contributed by atoms with Crippen LogP contribution in [0.4, 0.5) is 10.2 Å². The van der Waals surface area contributed by atoms with Crippen LogP contribution in [0.2, 0.25) is 5.02 Å². The number of benzene rings is 1. The number of anilines is 1. The highest BCUT2D eigenvalue weighted by Gasteiger charge is 2.18. The van der Waals surface area contributed by atoms with Crippen LogP contribution in [0.25, 0.3) is 0 Å². The molecule has 2 rings (SSSR count). The number of rotatable bonds is 2. The van der Waals surface area contributed by atoms with Crippen LogP contribution in [0.15, 0.2) is 24.4 Å². The lowest BCUT2D eigenvalue weighted by Gasteiger charge is -2.05. The molecule has 1 aromatic heterocycles. The van der Waals surface area contributed by atoms with E-state index in [1.165, 1.54) is 23.0 Å². The van der Waals surface area contributed by atoms with Gasteiger partial charge in [0.15, 0.2) is 5.82 Å². The van der Waals surface area contributed by atoms with Crippen molar-refractivity contribution in [3.8, 4) is 6.07 Å². The molecule has 1 amide bonds. The van der Waals surface area contributed by atoms with Gasteiger partial charge in [-0.2, -0.15) is 10.4 Å². The molecule has 19 heavy (non-hydrogen) atoms. The zero-order valence-electron chi connectivity index (χ0n) is 9.82. The van der Waals surface area contributed by atoms with E-state index in [-0.39, 0.29) is 22.0 Å². The SMILES string of the molecule is Cn1cc(C#N)c(NC(=O)c2c(F)cccc2Cl)n1. The molecule has 0 spiro atoms. The van der Waals surface area contributed by atoms with Crippen molar-refractivity contribution >= 4 is 23.3 Å². The Labute approximate surface area is 113 Å². The topological polar surface area (TPSA) is 70.7 Å². The quantitative estimate of drug-likeness (QED) is 0.916. The molecule has 1 N–H and O–H groups in total. The lowest BCUT2D eigenvalue weighted by atomic mass is 10.2. The van der Waals surface area contributed by atoms with Gasteiger partial charge in [0.2, 0.25) is 0 Å². The summed E-state index contributed by atoms with van der Waals surface area (Å²) >= 11 is 5.78. The van der Waals surface area contributed by atoms with Crippen molar-refractivity contribution in [2.75, 3.05) is 5.32 Å². The number of carbonyl (C=O) groups excluding carboxylic acids is 1. The first-order valence-corrected chi connectivity index (χ1v) is 5.60. The summed E-state index contributed by atoms with van der Waals surface area (Å²) < 4.78 is 14.9. The molecule has 0 atom stereocenters. The first-order valence-electron chi connectivity index (χ1n) is 5.22. The standard InChI is InChI=1S/C12H8ClFN4O/c1-18-6-7(5-15)11(17-18)16-12(19)10-8(13)3-2-4-9(10)14/h2-4,6H,1H3,(H,16,17,19). The van der Waals surface area contributed by atoms with E-state index in [4.69, 9.17) is 16.9 Å². The van der Waals surface area contributed by atoms with E-state index in [1.54, 1.807) is 7.05 Å². The normalized spacial score (nSPS) is 10.0. The van der Waals surface area contributed by atoms with Gasteiger partial charge in [0.05, 0.1) is 10.6 Å². The van der Waals surface area contributed by atoms with Crippen molar-refractivity contribution in [1.29, 1.82) is 5.26 Å². The minimum Gasteiger partial charge on any atom is -0.304 e. The van der Waals surface area contributed by atoms with Gasteiger partial charge in [0, 0.05) is 13.2 Å². The third-order valence-electron chi connectivity index (χ3n) is 2.37. The molecule has 0 aliphatic heterocycles. The maximum absolute atomic E-state index is 13.6. The van der Waals surface area contributed by atoms with Crippen LogP contribution >= 0.6 is 11.6 Å². The van der Waals surface area contributed by atoms with Crippen molar-refractivity contribution < 1.29 is 9.18 Å². The zero-order valence-corrected chi connectivity index (χ0v) is 10.6. The van der Waals surface area contributed by atoms with Gasteiger partial charge >= 0.3 is 0 Å². The van der Waals surface area contributed by atoms with E-state index in [0.717, 1.165) is 6.07 Å². The molecule has 0 fully saturated rings. The Bertz CT molecular complexity index is 669. The van der Waals surface area contributed by atoms with Gasteiger partial charge in [-0.15, -0.1) is 0 Å². The monoisotopic (exact) mass is 278 g/mol. The zero-order chi connectivity index (χ0) is 14.0. The van der Waals surface area contributed by atoms with Crippen LogP contribution in [0, 0.1) is 17.1 Å². The average Bonchev–Trinajstić information content (AvgIpc) is 2.69. The molecule has 0 aliphatic rings. The second kappa shape index (κ2) is 5.08. The highest BCUT2D eigenvalue weighted by Crippen LogP contribution is 2.21. The molecule has 96 valence electrons. The summed E-state index contributed by atoms with van der Waals surface area (Å²) in [5.41, 5.74) is -0.0954. The second-order valence-corrected chi connectivity index (χ2v) is 4.13. The number of halogens is 2. The summed E-state index contributed by atoms with van der Waals surface area (Å²) in [6, 6.07) is 5.81. The molecule has 0 bridgehead atoms. The summed E-state index contributed by atoms with van der Waals surface area (Å²) in [4.78, 5) is 11.9. The summed E-state index contributed by atoms with van der Waals surface area (Å²) in [5, 5.41) is 15.1. The Kier molecular flexibility index (Phi) is 3.49. The van der Waals surface area contributed by atoms with Crippen LogP contribution in [-0.4, -0.2) is 15.7 Å². The summed E-state index contributed by atoms with van der Waals surface area (Å²) in [6.07, 6.45) is 1.44. The fourth-order valence-electron chi connectivity index (χ4n) is 1.55. The lowest BCUT2D eigenvalue weighted by Crippen LogP contribution is -2.15. The number of nitrogens with zero attached hydrogens (tertiary/aromatic N) is 3. The van der Waals surface area contributed by atoms with Crippen LogP contribution in [0.1, 0.15) is 15.9 Å². The van der Waals surface area contributed by atoms with Gasteiger partial charge in [-0.05, 0) is 12.1 Å². The maximum Gasteiger partial charge on any atom is 0.261 e. The Morgan fingerprint density at radius 3 is 2.95 bits per heavy atom. The van der Waals surface area contributed by atoms with Crippen LogP contribution in [0.5, 0.6) is 0 Å². The maximum atomic E-state index is 13.6. The fraction of sp³-hybridized carbons (Fsp3) is 0.0833. The first-order chi connectivity index (χ1) is 9.02. The van der Waals surface area contributed by atoms with Gasteiger partial charge in [0.25, 0.3) is 5.91 Å². The smallest absolute Gasteiger partial charge is 0.261 e. The van der Waals surface area contributed by atoms with E-state index in [2.05, 4.69) is 10.4 Å². The van der Waals surface area contributed by atoms with Crippen molar-refractivity contribution in [3.05, 3.63) is 46.4 Å². The Hall–Kier alpha value is -2.39. The van der Waals surface area contributed by atoms with Gasteiger partial charge in [-0.1, -0.05) is 17.7 Å². The van der Waals surface area contributed by atoms with Crippen molar-refractivity contribution in [1.82, 2.24) is 9.78 Å². The van der Waals surface area contributed by atoms with Gasteiger partial charge in [-0.25, -0.2) is 4.39 Å². The molecule has 5 nitrogen and oxygen atoms in total. The highest BCUT2D eigenvalue weighted by atomic mass is 35.5. The number of carbonyl (C=O) groups is 1. The van der Waals surface area contributed by atoms with Crippen LogP contribution < -0.4 is 5.32 Å². The van der Waals surface area contributed by atoms with E-state index in [0.29, 0.717) is 0 Å². The predicted octanol–water partition coefficient (Wildman–Crippen LogP) is 2.34. The van der Waals surface area contributed by atoms with Crippen LogP contribution in [-0.2, 0) is 7.05 Å². The Morgan fingerprint density at radius 1 is 1.58 bits per heavy atom. The number of nitriles is 1. The second-order valence-electron chi connectivity index (χ2n) is 3.73. The molecule has 0 saturated carbocycles. The number of hydrogen-bond acceptors (Lipinski definition) is 3. The third kappa shape index (κ3) is 2.56. The molecule has 1 aromatic carbocycles. The van der Waals surface area contributed by atoms with Gasteiger partial charge in [0.1, 0.15) is 17.4 Å². The number of aryl methyl sites for hydroxylation is 1. The first kappa shape index (κ1) is 13.1. The molecular formula is C12H8ClFN4O. The fourth-order valence-corrected chi connectivity index (χ4v) is 1.80. The Morgan fingerprint density at radius 2 is 2.32 bits per heavy atom. The molecule has 0 unspecified atom stereocenters. The lowest BCUT2D eigenvalue weighted by molar-refractivity contribution is 0.102. The summed E-state index contributed by atoms with van der Waals surface area (Å²) in [7, 11) is 1.60. The van der Waals surface area contributed by atoms with Gasteiger partial charge < -0.3 is 5.32 Å². The molecule has 0 radical (unpaired) electrons. The minimum atomic E-state index is -0.752. The number of nitrogens with one attached hydrogen (secondary N) is 1.